The fraction of sp³-hybridized carbons (Fsp3) is 0.375. The first-order valence-electron chi connectivity index (χ1n) is 4.34. The Hall–Kier alpha value is -1.63. The number of carbonyl (C=O) groups is 1. The molecule has 1 aromatic rings. The zero-order valence-corrected chi connectivity index (χ0v) is 9.20. The van der Waals surface area contributed by atoms with Gasteiger partial charge in [-0.3, -0.25) is 14.6 Å². The molecule has 0 unspecified atom stereocenters. The average molecular weight is 228 g/mol. The highest BCUT2D eigenvalue weighted by Gasteiger charge is 2.12. The van der Waals surface area contributed by atoms with Crippen LogP contribution < -0.4 is 16.6 Å². The van der Waals surface area contributed by atoms with Gasteiger partial charge in [0.05, 0.1) is 0 Å². The highest BCUT2D eigenvalue weighted by molar-refractivity contribution is 7.71. The van der Waals surface area contributed by atoms with Gasteiger partial charge in [0.15, 0.2) is 4.77 Å². The lowest BCUT2D eigenvalue weighted by Crippen LogP contribution is -2.25. The van der Waals surface area contributed by atoms with Gasteiger partial charge < -0.3 is 16.0 Å². The summed E-state index contributed by atoms with van der Waals surface area (Å²) < 4.78 is 0.125. The Morgan fingerprint density at radius 3 is 2.53 bits per heavy atom. The number of H-pyrrole nitrogens is 2. The molecule has 5 N–H and O–H groups in total. The lowest BCUT2D eigenvalue weighted by Gasteiger charge is -2.08. The molecule has 0 fully saturated rings. The van der Waals surface area contributed by atoms with Crippen LogP contribution in [-0.4, -0.2) is 15.9 Å². The molecule has 6 nitrogen and oxygen atoms in total. The summed E-state index contributed by atoms with van der Waals surface area (Å²) in [6, 6.07) is 0. The van der Waals surface area contributed by atoms with Gasteiger partial charge in [0.1, 0.15) is 11.5 Å². The summed E-state index contributed by atoms with van der Waals surface area (Å²) >= 11 is 4.71. The number of amides is 1. The zero-order valence-electron chi connectivity index (χ0n) is 8.38. The van der Waals surface area contributed by atoms with Crippen molar-refractivity contribution in [3.63, 3.8) is 0 Å². The van der Waals surface area contributed by atoms with E-state index in [0.29, 0.717) is 0 Å². The maximum absolute atomic E-state index is 11.4. The van der Waals surface area contributed by atoms with Crippen LogP contribution in [0.2, 0.25) is 0 Å². The lowest BCUT2D eigenvalue weighted by atomic mass is 10.2. The fourth-order valence-electron chi connectivity index (χ4n) is 0.896. The second-order valence-electron chi connectivity index (χ2n) is 3.34. The van der Waals surface area contributed by atoms with Crippen LogP contribution in [0.1, 0.15) is 13.8 Å². The molecule has 15 heavy (non-hydrogen) atoms. The van der Waals surface area contributed by atoms with Crippen molar-refractivity contribution in [3.05, 3.63) is 15.1 Å². The van der Waals surface area contributed by atoms with Crippen molar-refractivity contribution in [2.24, 2.45) is 5.92 Å². The Morgan fingerprint density at radius 2 is 2.07 bits per heavy atom. The summed E-state index contributed by atoms with van der Waals surface area (Å²) in [5.41, 5.74) is 5.01. The summed E-state index contributed by atoms with van der Waals surface area (Å²) in [6.45, 7) is 3.43. The second-order valence-corrected chi connectivity index (χ2v) is 3.75. The molecule has 1 heterocycles. The van der Waals surface area contributed by atoms with Crippen molar-refractivity contribution in [3.8, 4) is 0 Å². The van der Waals surface area contributed by atoms with Crippen LogP contribution in [0.3, 0.4) is 0 Å². The van der Waals surface area contributed by atoms with E-state index in [1.807, 2.05) is 0 Å². The molecule has 0 bridgehead atoms. The standard InChI is InChI=1S/C8H12N4O2S/c1-3(2)6(13)10-4-5(9)11-8(15)12-7(4)14/h3H,1-2H3,(H,10,13)(H4,9,11,12,14,15). The third kappa shape index (κ3) is 2.66. The fourth-order valence-corrected chi connectivity index (χ4v) is 1.10. The summed E-state index contributed by atoms with van der Waals surface area (Å²) in [6.07, 6.45) is 0. The molecule has 7 heteroatoms. The first-order chi connectivity index (χ1) is 6.91. The molecule has 0 saturated carbocycles. The summed E-state index contributed by atoms with van der Waals surface area (Å²) in [5, 5.41) is 2.42. The average Bonchev–Trinajstić information content (AvgIpc) is 2.10. The van der Waals surface area contributed by atoms with Gasteiger partial charge in [-0.1, -0.05) is 13.8 Å². The molecule has 0 radical (unpaired) electrons. The van der Waals surface area contributed by atoms with E-state index in [4.69, 9.17) is 18.0 Å². The molecule has 82 valence electrons. The van der Waals surface area contributed by atoms with Crippen molar-refractivity contribution in [2.75, 3.05) is 11.1 Å². The molecule has 0 aliphatic rings. The van der Waals surface area contributed by atoms with E-state index in [-0.39, 0.29) is 28.1 Å². The Bertz CT molecular complexity index is 488. The van der Waals surface area contributed by atoms with E-state index in [2.05, 4.69) is 15.3 Å². The van der Waals surface area contributed by atoms with Crippen molar-refractivity contribution < 1.29 is 4.79 Å². The van der Waals surface area contributed by atoms with Crippen LogP contribution in [0, 0.1) is 10.7 Å². The van der Waals surface area contributed by atoms with Crippen LogP contribution in [-0.2, 0) is 4.79 Å². The maximum atomic E-state index is 11.4. The number of nitrogen functional groups attached to an aromatic ring is 1. The minimum Gasteiger partial charge on any atom is -0.383 e. The molecule has 0 aliphatic carbocycles. The van der Waals surface area contributed by atoms with E-state index < -0.39 is 5.56 Å². The number of aromatic nitrogens is 2. The molecule has 1 aromatic heterocycles. The van der Waals surface area contributed by atoms with Crippen LogP contribution in [0.4, 0.5) is 11.5 Å². The molecular weight excluding hydrogens is 216 g/mol. The molecule has 1 rings (SSSR count). The molecule has 1 amide bonds. The van der Waals surface area contributed by atoms with Gasteiger partial charge in [-0.05, 0) is 12.2 Å². The third-order valence-electron chi connectivity index (χ3n) is 1.74. The monoisotopic (exact) mass is 228 g/mol. The molecule has 0 aliphatic heterocycles. The minimum absolute atomic E-state index is 0.00213. The predicted octanol–water partition coefficient (Wildman–Crippen LogP) is 0.609. The van der Waals surface area contributed by atoms with Gasteiger partial charge in [0.2, 0.25) is 5.91 Å². The van der Waals surface area contributed by atoms with Crippen LogP contribution in [0.5, 0.6) is 0 Å². The van der Waals surface area contributed by atoms with Gasteiger partial charge in [-0.2, -0.15) is 0 Å². The first-order valence-corrected chi connectivity index (χ1v) is 4.75. The van der Waals surface area contributed by atoms with Crippen LogP contribution in [0.25, 0.3) is 0 Å². The Kier molecular flexibility index (Phi) is 3.25. The first kappa shape index (κ1) is 11.4. The number of rotatable bonds is 2. The van der Waals surface area contributed by atoms with Gasteiger partial charge in [-0.15, -0.1) is 0 Å². The van der Waals surface area contributed by atoms with Gasteiger partial charge in [-0.25, -0.2) is 0 Å². The van der Waals surface area contributed by atoms with E-state index in [1.165, 1.54) is 0 Å². The van der Waals surface area contributed by atoms with Gasteiger partial charge >= 0.3 is 0 Å². The highest BCUT2D eigenvalue weighted by atomic mass is 32.1. The van der Waals surface area contributed by atoms with Crippen molar-refractivity contribution in [2.45, 2.75) is 13.8 Å². The summed E-state index contributed by atoms with van der Waals surface area (Å²) in [5.74, 6) is -0.456. The molecular formula is C8H12N4O2S. The lowest BCUT2D eigenvalue weighted by molar-refractivity contribution is -0.118. The van der Waals surface area contributed by atoms with E-state index in [0.717, 1.165) is 0 Å². The second kappa shape index (κ2) is 4.26. The number of anilines is 2. The maximum Gasteiger partial charge on any atom is 0.277 e. The number of hydrogen-bond donors (Lipinski definition) is 4. The van der Waals surface area contributed by atoms with Crippen molar-refractivity contribution >= 4 is 29.6 Å². The van der Waals surface area contributed by atoms with E-state index >= 15 is 0 Å². The Morgan fingerprint density at radius 1 is 1.47 bits per heavy atom. The van der Waals surface area contributed by atoms with Crippen molar-refractivity contribution in [1.29, 1.82) is 0 Å². The largest absolute Gasteiger partial charge is 0.383 e. The molecule has 0 atom stereocenters. The predicted molar refractivity (Wildman–Crippen MR) is 60.1 cm³/mol. The van der Waals surface area contributed by atoms with Crippen molar-refractivity contribution in [1.82, 2.24) is 9.97 Å². The van der Waals surface area contributed by atoms with Crippen LogP contribution >= 0.6 is 12.2 Å². The minimum atomic E-state index is -0.509. The Balaban J connectivity index is 3.11. The van der Waals surface area contributed by atoms with Gasteiger partial charge in [0.25, 0.3) is 5.56 Å². The van der Waals surface area contributed by atoms with E-state index in [1.54, 1.807) is 13.8 Å². The zero-order chi connectivity index (χ0) is 11.6. The smallest absolute Gasteiger partial charge is 0.277 e. The summed E-state index contributed by atoms with van der Waals surface area (Å²) in [7, 11) is 0. The molecule has 0 spiro atoms. The SMILES string of the molecule is CC(C)C(=O)Nc1c(N)[nH]c(=S)[nH]c1=O. The van der Waals surface area contributed by atoms with E-state index in [9.17, 15) is 9.59 Å². The van der Waals surface area contributed by atoms with Gasteiger partial charge in [0, 0.05) is 5.92 Å². The van der Waals surface area contributed by atoms with Crippen LogP contribution in [0.15, 0.2) is 4.79 Å². The quantitative estimate of drug-likeness (QED) is 0.557. The Labute approximate surface area is 90.9 Å². The third-order valence-corrected chi connectivity index (χ3v) is 1.95. The molecule has 0 aromatic carbocycles. The topological polar surface area (TPSA) is 104 Å². The number of aromatic amines is 2. The number of nitrogens with two attached hydrogens (primary N) is 1. The number of carbonyl (C=O) groups excluding carboxylic acids is 1. The molecule has 0 saturated heterocycles. The number of nitrogens with one attached hydrogen (secondary N) is 3. The highest BCUT2D eigenvalue weighted by Crippen LogP contribution is 2.09. The summed E-state index contributed by atoms with van der Waals surface area (Å²) in [4.78, 5) is 27.6. The number of hydrogen-bond acceptors (Lipinski definition) is 4. The normalized spacial score (nSPS) is 10.3.